The molecule has 0 unspecified atom stereocenters. The SMILES string of the molecule is COc1ccccc1NC(=NCc1ccccn1)NC(=O)c1ccc(C)cc1. The number of aromatic nitrogens is 1. The van der Waals surface area contributed by atoms with Crippen LogP contribution in [0.5, 0.6) is 5.75 Å². The first-order chi connectivity index (χ1) is 13.7. The fourth-order valence-corrected chi connectivity index (χ4v) is 2.52. The Labute approximate surface area is 164 Å². The number of nitrogens with one attached hydrogen (secondary N) is 2. The molecule has 1 aromatic heterocycles. The van der Waals surface area contributed by atoms with Crippen LogP contribution in [0.1, 0.15) is 21.6 Å². The van der Waals surface area contributed by atoms with Crippen LogP contribution < -0.4 is 15.4 Å². The minimum Gasteiger partial charge on any atom is -0.495 e. The molecule has 0 atom stereocenters. The van der Waals surface area contributed by atoms with Crippen LogP contribution in [0.2, 0.25) is 0 Å². The topological polar surface area (TPSA) is 75.6 Å². The number of aliphatic imine (C=N–C) groups is 1. The summed E-state index contributed by atoms with van der Waals surface area (Å²) in [6.45, 7) is 2.30. The first-order valence-corrected chi connectivity index (χ1v) is 8.88. The lowest BCUT2D eigenvalue weighted by atomic mass is 10.1. The van der Waals surface area contributed by atoms with E-state index in [0.29, 0.717) is 29.5 Å². The number of methoxy groups -OCH3 is 1. The van der Waals surface area contributed by atoms with E-state index in [1.807, 2.05) is 61.5 Å². The van der Waals surface area contributed by atoms with Gasteiger partial charge in [-0.15, -0.1) is 0 Å². The number of hydrogen-bond donors (Lipinski definition) is 2. The summed E-state index contributed by atoms with van der Waals surface area (Å²) in [6.07, 6.45) is 1.71. The molecular weight excluding hydrogens is 352 g/mol. The van der Waals surface area contributed by atoms with Gasteiger partial charge in [0.15, 0.2) is 0 Å². The number of nitrogens with zero attached hydrogens (tertiary/aromatic N) is 2. The van der Waals surface area contributed by atoms with Crippen molar-refractivity contribution < 1.29 is 9.53 Å². The van der Waals surface area contributed by atoms with Crippen molar-refractivity contribution >= 4 is 17.6 Å². The van der Waals surface area contributed by atoms with Crippen LogP contribution in [0.4, 0.5) is 5.69 Å². The second-order valence-electron chi connectivity index (χ2n) is 6.13. The molecule has 1 heterocycles. The Morgan fingerprint density at radius 3 is 2.50 bits per heavy atom. The maximum Gasteiger partial charge on any atom is 0.257 e. The summed E-state index contributed by atoms with van der Waals surface area (Å²) in [6, 6.07) is 20.4. The second kappa shape index (κ2) is 9.32. The summed E-state index contributed by atoms with van der Waals surface area (Å²) in [5.41, 5.74) is 3.14. The van der Waals surface area contributed by atoms with Gasteiger partial charge in [-0.2, -0.15) is 0 Å². The first-order valence-electron chi connectivity index (χ1n) is 8.88. The number of guanidine groups is 1. The molecule has 0 radical (unpaired) electrons. The predicted molar refractivity (Wildman–Crippen MR) is 111 cm³/mol. The number of aryl methyl sites for hydroxylation is 1. The maximum absolute atomic E-state index is 12.6. The number of carbonyl (C=O) groups is 1. The van der Waals surface area contributed by atoms with Gasteiger partial charge in [0.1, 0.15) is 5.75 Å². The molecule has 0 saturated heterocycles. The minimum atomic E-state index is -0.248. The molecule has 3 aromatic rings. The molecule has 0 saturated carbocycles. The zero-order chi connectivity index (χ0) is 19.8. The van der Waals surface area contributed by atoms with Crippen LogP contribution in [0.15, 0.2) is 77.9 Å². The van der Waals surface area contributed by atoms with Gasteiger partial charge in [0, 0.05) is 11.8 Å². The molecule has 0 fully saturated rings. The highest BCUT2D eigenvalue weighted by molar-refractivity contribution is 6.10. The molecule has 6 heteroatoms. The first kappa shape index (κ1) is 19.1. The molecule has 0 bridgehead atoms. The second-order valence-corrected chi connectivity index (χ2v) is 6.13. The number of hydrogen-bond acceptors (Lipinski definition) is 4. The number of ether oxygens (including phenoxy) is 1. The van der Waals surface area contributed by atoms with Gasteiger partial charge in [0.2, 0.25) is 5.96 Å². The van der Waals surface area contributed by atoms with Crippen LogP contribution in [0.3, 0.4) is 0 Å². The van der Waals surface area contributed by atoms with E-state index >= 15 is 0 Å². The molecule has 0 aliphatic carbocycles. The van der Waals surface area contributed by atoms with Crippen molar-refractivity contribution in [1.29, 1.82) is 0 Å². The van der Waals surface area contributed by atoms with Crippen LogP contribution in [-0.2, 0) is 6.54 Å². The van der Waals surface area contributed by atoms with E-state index in [9.17, 15) is 4.79 Å². The molecule has 3 rings (SSSR count). The number of carbonyl (C=O) groups excluding carboxylic acids is 1. The summed E-state index contributed by atoms with van der Waals surface area (Å²) in [5, 5.41) is 5.99. The Bertz CT molecular complexity index is 954. The highest BCUT2D eigenvalue weighted by Gasteiger charge is 2.11. The standard InChI is InChI=1S/C22H22N4O2/c1-16-10-12-17(13-11-16)21(27)26-22(24-15-18-7-5-6-14-23-18)25-19-8-3-4-9-20(19)28-2/h3-14H,15H2,1-2H3,(H2,24,25,26,27). The van der Waals surface area contributed by atoms with Crippen LogP contribution in [-0.4, -0.2) is 24.0 Å². The van der Waals surface area contributed by atoms with Crippen molar-refractivity contribution in [3.05, 3.63) is 89.7 Å². The smallest absolute Gasteiger partial charge is 0.257 e. The highest BCUT2D eigenvalue weighted by atomic mass is 16.5. The van der Waals surface area contributed by atoms with Crippen LogP contribution in [0.25, 0.3) is 0 Å². The van der Waals surface area contributed by atoms with Crippen LogP contribution >= 0.6 is 0 Å². The summed E-state index contributed by atoms with van der Waals surface area (Å²) in [4.78, 5) is 21.4. The molecule has 0 aliphatic rings. The third kappa shape index (κ3) is 5.17. The van der Waals surface area contributed by atoms with Crippen molar-refractivity contribution in [3.63, 3.8) is 0 Å². The van der Waals surface area contributed by atoms with E-state index in [4.69, 9.17) is 4.74 Å². The number of anilines is 1. The number of pyridine rings is 1. The van der Waals surface area contributed by atoms with E-state index < -0.39 is 0 Å². The Morgan fingerprint density at radius 1 is 1.04 bits per heavy atom. The minimum absolute atomic E-state index is 0.248. The Kier molecular flexibility index (Phi) is 6.36. The average Bonchev–Trinajstić information content (AvgIpc) is 2.73. The fraction of sp³-hybridized carbons (Fsp3) is 0.136. The Hall–Kier alpha value is -3.67. The average molecular weight is 374 g/mol. The summed E-state index contributed by atoms with van der Waals surface area (Å²) >= 11 is 0. The molecule has 28 heavy (non-hydrogen) atoms. The lowest BCUT2D eigenvalue weighted by Gasteiger charge is -2.14. The van der Waals surface area contributed by atoms with Gasteiger partial charge in [-0.3, -0.25) is 15.1 Å². The van der Waals surface area contributed by atoms with Crippen LogP contribution in [0, 0.1) is 6.92 Å². The summed E-state index contributed by atoms with van der Waals surface area (Å²) < 4.78 is 5.37. The zero-order valence-corrected chi connectivity index (χ0v) is 15.8. The van der Waals surface area contributed by atoms with Gasteiger partial charge in [-0.05, 0) is 43.3 Å². The predicted octanol–water partition coefficient (Wildman–Crippen LogP) is 3.80. The van der Waals surface area contributed by atoms with Crippen molar-refractivity contribution in [1.82, 2.24) is 10.3 Å². The van der Waals surface area contributed by atoms with E-state index in [0.717, 1.165) is 11.3 Å². The summed E-state index contributed by atoms with van der Waals surface area (Å²) in [7, 11) is 1.59. The van der Waals surface area contributed by atoms with E-state index in [2.05, 4.69) is 20.6 Å². The molecule has 2 N–H and O–H groups in total. The molecule has 0 spiro atoms. The molecular formula is C22H22N4O2. The van der Waals surface area contributed by atoms with Gasteiger partial charge >= 0.3 is 0 Å². The number of benzene rings is 2. The molecule has 142 valence electrons. The van der Waals surface area contributed by atoms with Crippen molar-refractivity contribution in [2.45, 2.75) is 13.5 Å². The maximum atomic E-state index is 12.6. The largest absolute Gasteiger partial charge is 0.495 e. The van der Waals surface area contributed by atoms with Crippen molar-refractivity contribution in [2.75, 3.05) is 12.4 Å². The quantitative estimate of drug-likeness (QED) is 0.526. The van der Waals surface area contributed by atoms with E-state index in [1.165, 1.54) is 0 Å². The Morgan fingerprint density at radius 2 is 1.79 bits per heavy atom. The van der Waals surface area contributed by atoms with Gasteiger partial charge in [0.05, 0.1) is 25.0 Å². The van der Waals surface area contributed by atoms with Crippen molar-refractivity contribution in [3.8, 4) is 5.75 Å². The third-order valence-corrected chi connectivity index (χ3v) is 4.03. The monoisotopic (exact) mass is 374 g/mol. The molecule has 2 aromatic carbocycles. The Balaban J connectivity index is 1.83. The molecule has 1 amide bonds. The van der Waals surface area contributed by atoms with Gasteiger partial charge < -0.3 is 10.1 Å². The van der Waals surface area contributed by atoms with E-state index in [-0.39, 0.29) is 5.91 Å². The van der Waals surface area contributed by atoms with Gasteiger partial charge in [-0.1, -0.05) is 35.9 Å². The van der Waals surface area contributed by atoms with Gasteiger partial charge in [0.25, 0.3) is 5.91 Å². The number of rotatable bonds is 5. The number of amides is 1. The third-order valence-electron chi connectivity index (χ3n) is 4.03. The van der Waals surface area contributed by atoms with Crippen molar-refractivity contribution in [2.24, 2.45) is 4.99 Å². The molecule has 6 nitrogen and oxygen atoms in total. The lowest BCUT2D eigenvalue weighted by molar-refractivity contribution is 0.0977. The fourth-order valence-electron chi connectivity index (χ4n) is 2.52. The molecule has 0 aliphatic heterocycles. The lowest BCUT2D eigenvalue weighted by Crippen LogP contribution is -2.36. The number of para-hydroxylation sites is 2. The summed E-state index contributed by atoms with van der Waals surface area (Å²) in [5.74, 6) is 0.723. The van der Waals surface area contributed by atoms with E-state index in [1.54, 1.807) is 25.4 Å². The zero-order valence-electron chi connectivity index (χ0n) is 15.8. The van der Waals surface area contributed by atoms with Gasteiger partial charge in [-0.25, -0.2) is 4.99 Å². The normalized spacial score (nSPS) is 11.0. The highest BCUT2D eigenvalue weighted by Crippen LogP contribution is 2.22.